The normalized spacial score (nSPS) is 14.2. The minimum Gasteiger partial charge on any atom is -0.372 e. The van der Waals surface area contributed by atoms with Crippen molar-refractivity contribution in [2.45, 2.75) is 5.60 Å². The van der Waals surface area contributed by atoms with E-state index < -0.39 is 11.5 Å². The zero-order valence-corrected chi connectivity index (χ0v) is 11.0. The van der Waals surface area contributed by atoms with Crippen LogP contribution in [0.15, 0.2) is 61.2 Å². The van der Waals surface area contributed by atoms with Gasteiger partial charge in [-0.2, -0.15) is 0 Å². The zero-order chi connectivity index (χ0) is 14.2. The summed E-state index contributed by atoms with van der Waals surface area (Å²) in [7, 11) is 0. The van der Waals surface area contributed by atoms with Gasteiger partial charge in [0, 0.05) is 17.7 Å². The molecule has 3 nitrogen and oxygen atoms in total. The van der Waals surface area contributed by atoms with E-state index in [1.54, 1.807) is 18.2 Å². The molecule has 2 aromatic carbocycles. The summed E-state index contributed by atoms with van der Waals surface area (Å²) in [6.07, 6.45) is 1.59. The summed E-state index contributed by atoms with van der Waals surface area (Å²) < 4.78 is 0. The number of carbonyl (C=O) groups excluding carboxylic acids is 1. The highest BCUT2D eigenvalue weighted by Gasteiger charge is 2.47. The Morgan fingerprint density at radius 2 is 1.60 bits per heavy atom. The second-order valence-corrected chi connectivity index (χ2v) is 4.80. The summed E-state index contributed by atoms with van der Waals surface area (Å²) in [4.78, 5) is 12.4. The third kappa shape index (κ3) is 1.60. The maximum atomic E-state index is 12.4. The van der Waals surface area contributed by atoms with E-state index in [1.807, 2.05) is 36.4 Å². The molecule has 1 amide bonds. The van der Waals surface area contributed by atoms with Crippen molar-refractivity contribution in [3.8, 4) is 11.1 Å². The summed E-state index contributed by atoms with van der Waals surface area (Å²) in [5, 5.41) is 13.7. The van der Waals surface area contributed by atoms with Gasteiger partial charge < -0.3 is 10.4 Å². The van der Waals surface area contributed by atoms with E-state index in [4.69, 9.17) is 0 Å². The lowest BCUT2D eigenvalue weighted by molar-refractivity contribution is -0.136. The third-order valence-electron chi connectivity index (χ3n) is 3.66. The third-order valence-corrected chi connectivity index (χ3v) is 3.66. The van der Waals surface area contributed by atoms with Crippen molar-refractivity contribution in [1.29, 1.82) is 0 Å². The first-order chi connectivity index (χ1) is 9.69. The first kappa shape index (κ1) is 12.6. The number of aliphatic hydroxyl groups is 1. The standard InChI is InChI=1S/C17H15NO2/c1-2-11-18-16(19)17(20)14-9-5-3-7-12(14)13-8-4-6-10-15(13)17/h2-10,20H,1,11H2,(H,18,19). The Hall–Kier alpha value is -2.39. The van der Waals surface area contributed by atoms with Crippen LogP contribution in [0.2, 0.25) is 0 Å². The Morgan fingerprint density at radius 3 is 2.10 bits per heavy atom. The molecule has 0 radical (unpaired) electrons. The molecule has 0 aliphatic heterocycles. The number of amides is 1. The van der Waals surface area contributed by atoms with Gasteiger partial charge in [-0.25, -0.2) is 0 Å². The molecule has 2 aromatic rings. The van der Waals surface area contributed by atoms with Crippen molar-refractivity contribution in [3.63, 3.8) is 0 Å². The Morgan fingerprint density at radius 1 is 1.10 bits per heavy atom. The lowest BCUT2D eigenvalue weighted by Crippen LogP contribution is -2.44. The molecule has 1 aliphatic rings. The molecule has 20 heavy (non-hydrogen) atoms. The molecule has 3 rings (SSSR count). The first-order valence-corrected chi connectivity index (χ1v) is 6.50. The molecule has 100 valence electrons. The molecular weight excluding hydrogens is 250 g/mol. The number of carbonyl (C=O) groups is 1. The van der Waals surface area contributed by atoms with Gasteiger partial charge >= 0.3 is 0 Å². The Balaban J connectivity index is 2.20. The molecule has 0 atom stereocenters. The van der Waals surface area contributed by atoms with Gasteiger partial charge in [-0.1, -0.05) is 54.6 Å². The van der Waals surface area contributed by atoms with Crippen LogP contribution in [0.5, 0.6) is 0 Å². The minimum absolute atomic E-state index is 0.325. The maximum Gasteiger partial charge on any atom is 0.261 e. The van der Waals surface area contributed by atoms with Gasteiger partial charge in [0.25, 0.3) is 5.91 Å². The molecule has 3 heteroatoms. The fraction of sp³-hybridized carbons (Fsp3) is 0.118. The first-order valence-electron chi connectivity index (χ1n) is 6.50. The SMILES string of the molecule is C=CCNC(=O)C1(O)c2ccccc2-c2ccccc21. The van der Waals surface area contributed by atoms with Crippen molar-refractivity contribution < 1.29 is 9.90 Å². The molecule has 2 N–H and O–H groups in total. The van der Waals surface area contributed by atoms with E-state index in [0.717, 1.165) is 11.1 Å². The van der Waals surface area contributed by atoms with Crippen LogP contribution < -0.4 is 5.32 Å². The van der Waals surface area contributed by atoms with Gasteiger partial charge in [-0.05, 0) is 11.1 Å². The fourth-order valence-corrected chi connectivity index (χ4v) is 2.75. The van der Waals surface area contributed by atoms with Gasteiger partial charge in [-0.3, -0.25) is 4.79 Å². The van der Waals surface area contributed by atoms with E-state index in [2.05, 4.69) is 11.9 Å². The van der Waals surface area contributed by atoms with Crippen molar-refractivity contribution in [1.82, 2.24) is 5.32 Å². The largest absolute Gasteiger partial charge is 0.372 e. The minimum atomic E-state index is -1.63. The van der Waals surface area contributed by atoms with Crippen molar-refractivity contribution in [3.05, 3.63) is 72.3 Å². The Bertz CT molecular complexity index is 645. The van der Waals surface area contributed by atoms with Crippen LogP contribution in [0.4, 0.5) is 0 Å². The predicted molar refractivity (Wildman–Crippen MR) is 78.1 cm³/mol. The average molecular weight is 265 g/mol. The van der Waals surface area contributed by atoms with Crippen molar-refractivity contribution >= 4 is 5.91 Å². The summed E-state index contributed by atoms with van der Waals surface area (Å²) in [5.74, 6) is -0.421. The summed E-state index contributed by atoms with van der Waals surface area (Å²) >= 11 is 0. The number of fused-ring (bicyclic) bond motifs is 3. The highest BCUT2D eigenvalue weighted by Crippen LogP contribution is 2.47. The van der Waals surface area contributed by atoms with Crippen LogP contribution in [-0.2, 0) is 10.4 Å². The summed E-state index contributed by atoms with van der Waals surface area (Å²) in [5.41, 5.74) is 1.43. The lowest BCUT2D eigenvalue weighted by Gasteiger charge is -2.24. The fourth-order valence-electron chi connectivity index (χ4n) is 2.75. The smallest absolute Gasteiger partial charge is 0.261 e. The molecule has 0 saturated heterocycles. The second kappa shape index (κ2) is 4.62. The lowest BCUT2D eigenvalue weighted by atomic mass is 9.90. The van der Waals surface area contributed by atoms with E-state index in [1.165, 1.54) is 0 Å². The molecular formula is C17H15NO2. The van der Waals surface area contributed by atoms with Crippen LogP contribution in [0.3, 0.4) is 0 Å². The number of nitrogens with one attached hydrogen (secondary N) is 1. The molecule has 0 aromatic heterocycles. The van der Waals surface area contributed by atoms with Gasteiger partial charge in [0.15, 0.2) is 5.60 Å². The van der Waals surface area contributed by atoms with Gasteiger partial charge in [0.05, 0.1) is 0 Å². The van der Waals surface area contributed by atoms with Crippen LogP contribution >= 0.6 is 0 Å². The van der Waals surface area contributed by atoms with Crippen LogP contribution in [0.1, 0.15) is 11.1 Å². The van der Waals surface area contributed by atoms with Crippen LogP contribution in [-0.4, -0.2) is 17.6 Å². The number of rotatable bonds is 3. The topological polar surface area (TPSA) is 49.3 Å². The van der Waals surface area contributed by atoms with Crippen LogP contribution in [0.25, 0.3) is 11.1 Å². The molecule has 0 spiro atoms. The zero-order valence-electron chi connectivity index (χ0n) is 11.0. The number of hydrogen-bond donors (Lipinski definition) is 2. The molecule has 1 aliphatic carbocycles. The van der Waals surface area contributed by atoms with E-state index in [9.17, 15) is 9.90 Å². The summed E-state index contributed by atoms with van der Waals surface area (Å²) in [6.45, 7) is 3.90. The second-order valence-electron chi connectivity index (χ2n) is 4.80. The molecule has 0 heterocycles. The quantitative estimate of drug-likeness (QED) is 0.836. The summed E-state index contributed by atoms with van der Waals surface area (Å²) in [6, 6.07) is 14.9. The number of hydrogen-bond acceptors (Lipinski definition) is 2. The maximum absolute atomic E-state index is 12.4. The molecule has 0 unspecified atom stereocenters. The van der Waals surface area contributed by atoms with Crippen molar-refractivity contribution in [2.75, 3.05) is 6.54 Å². The highest BCUT2D eigenvalue weighted by molar-refractivity contribution is 5.98. The van der Waals surface area contributed by atoms with Crippen LogP contribution in [0, 0.1) is 0 Å². The van der Waals surface area contributed by atoms with Gasteiger partial charge in [0.2, 0.25) is 0 Å². The molecule has 0 fully saturated rings. The monoisotopic (exact) mass is 265 g/mol. The molecule has 0 saturated carbocycles. The van der Waals surface area contributed by atoms with Crippen molar-refractivity contribution in [2.24, 2.45) is 0 Å². The number of benzene rings is 2. The average Bonchev–Trinajstić information content (AvgIpc) is 2.77. The van der Waals surface area contributed by atoms with Gasteiger partial charge in [-0.15, -0.1) is 6.58 Å². The molecule has 0 bridgehead atoms. The predicted octanol–water partition coefficient (Wildman–Crippen LogP) is 2.21. The highest BCUT2D eigenvalue weighted by atomic mass is 16.3. The van der Waals surface area contributed by atoms with Gasteiger partial charge in [0.1, 0.15) is 0 Å². The van der Waals surface area contributed by atoms with E-state index >= 15 is 0 Å². The van der Waals surface area contributed by atoms with E-state index in [0.29, 0.717) is 17.7 Å². The Kier molecular flexibility index (Phi) is 2.92. The Labute approximate surface area is 117 Å². The van der Waals surface area contributed by atoms with E-state index in [-0.39, 0.29) is 0 Å².